The van der Waals surface area contributed by atoms with Crippen molar-refractivity contribution in [1.82, 2.24) is 10.6 Å². The van der Waals surface area contributed by atoms with E-state index in [1.165, 1.54) is 0 Å². The number of hydrogen-bond donors (Lipinski definition) is 2. The maximum absolute atomic E-state index is 14.2. The quantitative estimate of drug-likeness (QED) is 0.0339. The van der Waals surface area contributed by atoms with Gasteiger partial charge in [-0.3, -0.25) is 14.9 Å². The van der Waals surface area contributed by atoms with E-state index in [0.29, 0.717) is 22.6 Å². The molecule has 0 saturated carbocycles. The average Bonchev–Trinajstić information content (AvgIpc) is 3.36. The number of nitrogens with one attached hydrogen (secondary N) is 2. The number of benzene rings is 6. The molecule has 1 amide bonds. The van der Waals surface area contributed by atoms with Gasteiger partial charge in [0, 0.05) is 20.9 Å². The van der Waals surface area contributed by atoms with Crippen LogP contribution in [-0.2, 0) is 72.6 Å². The molecule has 0 fully saturated rings. The Morgan fingerprint density at radius 1 is 0.514 bits per heavy atom. The van der Waals surface area contributed by atoms with Crippen molar-refractivity contribution in [3.05, 3.63) is 191 Å². The smallest absolute Gasteiger partial charge is 0.408 e. The normalized spacial score (nSPS) is 12.7. The topological polar surface area (TPSA) is 148 Å². The molecule has 0 saturated heterocycles. The first-order valence-electron chi connectivity index (χ1n) is 24.4. The van der Waals surface area contributed by atoms with E-state index in [4.69, 9.17) is 28.4 Å². The van der Waals surface area contributed by atoms with Crippen LogP contribution < -0.4 is 20.1 Å². The summed E-state index contributed by atoms with van der Waals surface area (Å²) in [7, 11) is -1.57. The van der Waals surface area contributed by atoms with E-state index in [-0.39, 0.29) is 45.9 Å². The summed E-state index contributed by atoms with van der Waals surface area (Å²) in [6.45, 7) is 14.4. The summed E-state index contributed by atoms with van der Waals surface area (Å²) in [6.07, 6.45) is -0.683. The monoisotopic (exact) mass is 992 g/mol. The highest BCUT2D eigenvalue weighted by Gasteiger charge is 2.30. The van der Waals surface area contributed by atoms with Crippen LogP contribution in [0.2, 0.25) is 25.7 Å². The van der Waals surface area contributed by atoms with Crippen LogP contribution in [-0.4, -0.2) is 62.4 Å². The zero-order valence-corrected chi connectivity index (χ0v) is 43.5. The number of carbonyl (C=O) groups is 4. The summed E-state index contributed by atoms with van der Waals surface area (Å²) < 4.78 is 36.0. The summed E-state index contributed by atoms with van der Waals surface area (Å²) in [5, 5.41) is 6.01. The van der Waals surface area contributed by atoms with Crippen LogP contribution in [0, 0.1) is 0 Å². The Morgan fingerprint density at radius 3 is 1.38 bits per heavy atom. The highest BCUT2D eigenvalue weighted by Crippen LogP contribution is 2.33. The van der Waals surface area contributed by atoms with E-state index < -0.39 is 55.8 Å². The molecular formula is C59H68N2O10Si. The van der Waals surface area contributed by atoms with E-state index in [2.05, 4.69) is 30.3 Å². The lowest BCUT2D eigenvalue weighted by atomic mass is 9.95. The second-order valence-corrected chi connectivity index (χ2v) is 25.5. The van der Waals surface area contributed by atoms with Crippen LogP contribution in [0.25, 0.3) is 11.1 Å². The first-order chi connectivity index (χ1) is 34.5. The van der Waals surface area contributed by atoms with Gasteiger partial charge in [0.25, 0.3) is 0 Å². The largest absolute Gasteiger partial charge is 0.489 e. The van der Waals surface area contributed by atoms with E-state index >= 15 is 0 Å². The van der Waals surface area contributed by atoms with E-state index in [0.717, 1.165) is 39.4 Å². The van der Waals surface area contributed by atoms with E-state index in [1.54, 1.807) is 27.7 Å². The third-order valence-electron chi connectivity index (χ3n) is 11.4. The third-order valence-corrected chi connectivity index (χ3v) is 13.1. The molecule has 0 radical (unpaired) electrons. The molecule has 12 nitrogen and oxygen atoms in total. The standard InChI is InChI=1S/C59H68N2O10Si/c1-42(55(62)71-59(2,3)4)60-51(57(64)69-40-45-24-16-10-17-25-45)36-49-34-47(28-30-53(49)67-38-43-20-12-8-13-21-43)48-29-31-54(68-39-44-22-14-9-15-23-44)50(35-48)37-52(56(63)66-32-33-72(5,6)7)61-58(65)70-41-46-26-18-11-19-27-46/h8-31,34-35,42,51-52,60H,32-33,36-41H2,1-7H3,(H,61,65)/t42?,51-,52-/m0/s1. The van der Waals surface area contributed by atoms with Crippen LogP contribution in [0.15, 0.2) is 158 Å². The Hall–Kier alpha value is -7.22. The average molecular weight is 993 g/mol. The third kappa shape index (κ3) is 18.2. The minimum Gasteiger partial charge on any atom is -0.489 e. The predicted molar refractivity (Wildman–Crippen MR) is 282 cm³/mol. The zero-order chi connectivity index (χ0) is 51.5. The molecule has 0 aromatic heterocycles. The van der Waals surface area contributed by atoms with Crippen LogP contribution >= 0.6 is 0 Å². The first kappa shape index (κ1) is 54.1. The molecule has 0 aliphatic heterocycles. The molecule has 6 aromatic rings. The fourth-order valence-corrected chi connectivity index (χ4v) is 8.20. The van der Waals surface area contributed by atoms with Crippen molar-refractivity contribution in [2.45, 2.75) is 116 Å². The van der Waals surface area contributed by atoms with Gasteiger partial charge in [-0.1, -0.05) is 153 Å². The van der Waals surface area contributed by atoms with E-state index in [1.807, 2.05) is 158 Å². The summed E-state index contributed by atoms with van der Waals surface area (Å²) in [5.41, 5.74) is 5.55. The van der Waals surface area contributed by atoms with Gasteiger partial charge in [-0.15, -0.1) is 0 Å². The second kappa shape index (κ2) is 26.3. The van der Waals surface area contributed by atoms with Crippen LogP contribution in [0.4, 0.5) is 4.79 Å². The molecule has 0 heterocycles. The number of rotatable bonds is 24. The van der Waals surface area contributed by atoms with Gasteiger partial charge < -0.3 is 33.7 Å². The lowest BCUT2D eigenvalue weighted by Gasteiger charge is -2.26. The molecule has 3 atom stereocenters. The van der Waals surface area contributed by atoms with Gasteiger partial charge in [0.2, 0.25) is 0 Å². The van der Waals surface area contributed by atoms with Gasteiger partial charge in [0.05, 0.1) is 6.61 Å². The molecule has 72 heavy (non-hydrogen) atoms. The Balaban J connectivity index is 1.37. The molecule has 6 rings (SSSR count). The fourth-order valence-electron chi connectivity index (χ4n) is 7.49. The van der Waals surface area contributed by atoms with Gasteiger partial charge in [-0.25, -0.2) is 9.59 Å². The van der Waals surface area contributed by atoms with Crippen molar-refractivity contribution in [2.24, 2.45) is 0 Å². The minimum absolute atomic E-state index is 0.0110. The van der Waals surface area contributed by atoms with Crippen molar-refractivity contribution in [3.8, 4) is 22.6 Å². The van der Waals surface area contributed by atoms with Crippen molar-refractivity contribution >= 4 is 32.1 Å². The number of alkyl carbamates (subject to hydrolysis) is 1. The molecule has 0 spiro atoms. The van der Waals surface area contributed by atoms with Crippen LogP contribution in [0.3, 0.4) is 0 Å². The Bertz CT molecular complexity index is 2670. The summed E-state index contributed by atoms with van der Waals surface area (Å²) in [4.78, 5) is 54.9. The second-order valence-electron chi connectivity index (χ2n) is 19.9. The fraction of sp³-hybridized carbons (Fsp3) is 0.322. The number of ether oxygens (including phenoxy) is 6. The van der Waals surface area contributed by atoms with Gasteiger partial charge in [0.15, 0.2) is 0 Å². The summed E-state index contributed by atoms with van der Waals surface area (Å²) >= 11 is 0. The molecule has 13 heteroatoms. The Labute approximate surface area is 425 Å². The molecule has 6 aromatic carbocycles. The Morgan fingerprint density at radius 2 is 0.931 bits per heavy atom. The lowest BCUT2D eigenvalue weighted by Crippen LogP contribution is -2.49. The summed E-state index contributed by atoms with van der Waals surface area (Å²) in [5.74, 6) is -0.640. The maximum atomic E-state index is 14.2. The molecule has 1 unspecified atom stereocenters. The molecule has 0 aliphatic rings. The van der Waals surface area contributed by atoms with Crippen molar-refractivity contribution in [2.75, 3.05) is 6.61 Å². The molecular weight excluding hydrogens is 925 g/mol. The van der Waals surface area contributed by atoms with Crippen molar-refractivity contribution < 1.29 is 47.6 Å². The van der Waals surface area contributed by atoms with Crippen molar-refractivity contribution in [3.63, 3.8) is 0 Å². The van der Waals surface area contributed by atoms with E-state index in [9.17, 15) is 19.2 Å². The van der Waals surface area contributed by atoms with Gasteiger partial charge >= 0.3 is 24.0 Å². The van der Waals surface area contributed by atoms with Crippen LogP contribution in [0.1, 0.15) is 61.1 Å². The summed E-state index contributed by atoms with van der Waals surface area (Å²) in [6, 6.07) is 47.3. The molecule has 2 N–H and O–H groups in total. The van der Waals surface area contributed by atoms with Gasteiger partial charge in [0.1, 0.15) is 61.7 Å². The highest BCUT2D eigenvalue weighted by atomic mass is 28.3. The first-order valence-corrected chi connectivity index (χ1v) is 28.1. The zero-order valence-electron chi connectivity index (χ0n) is 42.5. The minimum atomic E-state index is -1.57. The van der Waals surface area contributed by atoms with Crippen molar-refractivity contribution in [1.29, 1.82) is 0 Å². The maximum Gasteiger partial charge on any atom is 0.408 e. The van der Waals surface area contributed by atoms with Crippen LogP contribution in [0.5, 0.6) is 11.5 Å². The SMILES string of the molecule is CC(N[C@@H](Cc1cc(-c2ccc(OCc3ccccc3)c(C[C@H](NC(=O)OCc3ccccc3)C(=O)OCC[Si](C)(C)C)c2)ccc1OCc1ccccc1)C(=O)OCc1ccccc1)C(=O)OC(C)(C)C. The molecule has 378 valence electrons. The lowest BCUT2D eigenvalue weighted by molar-refractivity contribution is -0.158. The molecule has 0 bridgehead atoms. The van der Waals surface area contributed by atoms with Gasteiger partial charge in [-0.05, 0) is 103 Å². The number of esters is 3. The Kier molecular flexibility index (Phi) is 19.8. The predicted octanol–water partition coefficient (Wildman–Crippen LogP) is 11.2. The number of amides is 1. The number of hydrogen-bond acceptors (Lipinski definition) is 11. The number of carbonyl (C=O) groups excluding carboxylic acids is 4. The molecule has 0 aliphatic carbocycles. The van der Waals surface area contributed by atoms with Gasteiger partial charge in [-0.2, -0.15) is 0 Å². The highest BCUT2D eigenvalue weighted by molar-refractivity contribution is 6.76.